The van der Waals surface area contributed by atoms with Crippen molar-refractivity contribution in [1.29, 1.82) is 0 Å². The Morgan fingerprint density at radius 1 is 1.12 bits per heavy atom. The molecule has 0 aliphatic heterocycles. The molecule has 0 amide bonds. The number of aryl methyl sites for hydroxylation is 1. The van der Waals surface area contributed by atoms with E-state index < -0.39 is 0 Å². The number of thioether (sulfide) groups is 1. The monoisotopic (exact) mass is 379 g/mol. The molecule has 0 saturated carbocycles. The first-order valence-electron chi connectivity index (χ1n) is 8.01. The highest BCUT2D eigenvalue weighted by Gasteiger charge is 2.14. The Balaban J connectivity index is 1.49. The zero-order valence-electron chi connectivity index (χ0n) is 13.8. The number of aromatic nitrogens is 5. The van der Waals surface area contributed by atoms with E-state index in [2.05, 4.69) is 15.1 Å². The van der Waals surface area contributed by atoms with E-state index in [1.165, 1.54) is 0 Å². The molecule has 0 N–H and O–H groups in total. The van der Waals surface area contributed by atoms with Crippen LogP contribution in [0.4, 0.5) is 0 Å². The topological polar surface area (TPSA) is 69.1 Å². The predicted molar refractivity (Wildman–Crippen MR) is 102 cm³/mol. The van der Waals surface area contributed by atoms with E-state index in [4.69, 9.17) is 9.40 Å². The van der Waals surface area contributed by atoms with Crippen molar-refractivity contribution in [2.75, 3.05) is 0 Å². The van der Waals surface area contributed by atoms with Crippen molar-refractivity contribution in [3.63, 3.8) is 0 Å². The maximum Gasteiger partial charge on any atom is 0.236 e. The first-order valence-corrected chi connectivity index (χ1v) is 9.88. The fourth-order valence-electron chi connectivity index (χ4n) is 2.75. The molecular formula is C18H13N5OS2. The van der Waals surface area contributed by atoms with Gasteiger partial charge in [-0.3, -0.25) is 0 Å². The van der Waals surface area contributed by atoms with Crippen LogP contribution in [0, 0.1) is 6.92 Å². The number of para-hydroxylation sites is 1. The van der Waals surface area contributed by atoms with Crippen molar-refractivity contribution in [3.8, 4) is 10.8 Å². The smallest absolute Gasteiger partial charge is 0.236 e. The number of oxazole rings is 1. The Bertz CT molecular complexity index is 1210. The summed E-state index contributed by atoms with van der Waals surface area (Å²) in [6.45, 7) is 1.89. The quantitative estimate of drug-likeness (QED) is 0.336. The van der Waals surface area contributed by atoms with Crippen molar-refractivity contribution in [2.45, 2.75) is 17.8 Å². The highest BCUT2D eigenvalue weighted by atomic mass is 32.2. The van der Waals surface area contributed by atoms with Gasteiger partial charge in [-0.2, -0.15) is 4.52 Å². The van der Waals surface area contributed by atoms with Gasteiger partial charge in [0.25, 0.3) is 0 Å². The number of thiophene rings is 1. The van der Waals surface area contributed by atoms with Crippen LogP contribution in [0.1, 0.15) is 11.5 Å². The Labute approximate surface area is 156 Å². The molecule has 128 valence electrons. The van der Waals surface area contributed by atoms with Gasteiger partial charge >= 0.3 is 0 Å². The van der Waals surface area contributed by atoms with E-state index in [1.54, 1.807) is 29.4 Å². The molecule has 8 heteroatoms. The summed E-state index contributed by atoms with van der Waals surface area (Å²) in [6.07, 6.45) is 1.70. The molecule has 0 atom stereocenters. The van der Waals surface area contributed by atoms with Gasteiger partial charge < -0.3 is 4.42 Å². The van der Waals surface area contributed by atoms with Crippen molar-refractivity contribution < 1.29 is 4.42 Å². The summed E-state index contributed by atoms with van der Waals surface area (Å²) in [7, 11) is 0. The summed E-state index contributed by atoms with van der Waals surface area (Å²) in [5.74, 6) is 2.03. The lowest BCUT2D eigenvalue weighted by atomic mass is 10.2. The Morgan fingerprint density at radius 3 is 2.92 bits per heavy atom. The maximum absolute atomic E-state index is 5.59. The van der Waals surface area contributed by atoms with E-state index in [0.29, 0.717) is 11.6 Å². The number of hydrogen-bond donors (Lipinski definition) is 0. The third-order valence-electron chi connectivity index (χ3n) is 3.89. The molecule has 0 aliphatic carbocycles. The minimum absolute atomic E-state index is 0.647. The van der Waals surface area contributed by atoms with Gasteiger partial charge in [0.2, 0.25) is 5.89 Å². The average molecular weight is 379 g/mol. The second-order valence-electron chi connectivity index (χ2n) is 5.72. The largest absolute Gasteiger partial charge is 0.444 e. The highest BCUT2D eigenvalue weighted by molar-refractivity contribution is 7.98. The van der Waals surface area contributed by atoms with Gasteiger partial charge in [0, 0.05) is 11.1 Å². The summed E-state index contributed by atoms with van der Waals surface area (Å²) in [4.78, 5) is 14.9. The van der Waals surface area contributed by atoms with Crippen molar-refractivity contribution >= 4 is 39.6 Å². The summed E-state index contributed by atoms with van der Waals surface area (Å²) in [5, 5.41) is 8.30. The second-order valence-corrected chi connectivity index (χ2v) is 7.61. The lowest BCUT2D eigenvalue weighted by molar-refractivity contribution is 0.575. The number of hydrogen-bond acceptors (Lipinski definition) is 7. The minimum atomic E-state index is 0.647. The maximum atomic E-state index is 5.59. The first-order chi connectivity index (χ1) is 12.8. The van der Waals surface area contributed by atoms with Gasteiger partial charge in [0.1, 0.15) is 12.1 Å². The molecule has 5 aromatic rings. The van der Waals surface area contributed by atoms with E-state index in [-0.39, 0.29) is 0 Å². The van der Waals surface area contributed by atoms with Gasteiger partial charge in [-0.05, 0) is 30.5 Å². The predicted octanol–water partition coefficient (Wildman–Crippen LogP) is 4.59. The SMILES string of the molecule is Cc1nc2c3ccccc3nc(SCc3coc(-c4cccs4)n3)n2n1. The van der Waals surface area contributed by atoms with E-state index in [1.807, 2.05) is 53.2 Å². The molecule has 0 spiro atoms. The van der Waals surface area contributed by atoms with Gasteiger partial charge in [-0.25, -0.2) is 15.0 Å². The van der Waals surface area contributed by atoms with Crippen LogP contribution >= 0.6 is 23.1 Å². The minimum Gasteiger partial charge on any atom is -0.444 e. The standard InChI is InChI=1S/C18H13N5OS2/c1-11-19-16-13-5-2-3-6-14(13)21-18(23(16)22-11)26-10-12-9-24-17(20-12)15-7-4-8-25-15/h2-9H,10H2,1H3. The van der Waals surface area contributed by atoms with E-state index >= 15 is 0 Å². The Kier molecular flexibility index (Phi) is 3.72. The molecule has 6 nitrogen and oxygen atoms in total. The second kappa shape index (κ2) is 6.22. The molecule has 0 aliphatic rings. The highest BCUT2D eigenvalue weighted by Crippen LogP contribution is 2.28. The van der Waals surface area contributed by atoms with Crippen LogP contribution < -0.4 is 0 Å². The van der Waals surface area contributed by atoms with Crippen LogP contribution in [-0.2, 0) is 5.75 Å². The normalized spacial score (nSPS) is 11.6. The van der Waals surface area contributed by atoms with E-state index in [9.17, 15) is 0 Å². The van der Waals surface area contributed by atoms with Crippen LogP contribution in [0.2, 0.25) is 0 Å². The van der Waals surface area contributed by atoms with Crippen LogP contribution in [0.5, 0.6) is 0 Å². The molecular weight excluding hydrogens is 366 g/mol. The lowest BCUT2D eigenvalue weighted by Crippen LogP contribution is -1.98. The third-order valence-corrected chi connectivity index (χ3v) is 5.71. The molecule has 0 saturated heterocycles. The molecule has 0 unspecified atom stereocenters. The molecule has 1 aromatic carbocycles. The molecule has 0 fully saturated rings. The average Bonchev–Trinajstić information content (AvgIpc) is 3.39. The molecule has 5 rings (SSSR count). The van der Waals surface area contributed by atoms with Gasteiger partial charge in [-0.15, -0.1) is 16.4 Å². The molecule has 0 bridgehead atoms. The van der Waals surface area contributed by atoms with Gasteiger partial charge in [0.15, 0.2) is 10.8 Å². The molecule has 0 radical (unpaired) electrons. The number of benzene rings is 1. The van der Waals surface area contributed by atoms with Crippen LogP contribution in [0.25, 0.3) is 27.3 Å². The zero-order valence-corrected chi connectivity index (χ0v) is 15.4. The number of rotatable bonds is 4. The lowest BCUT2D eigenvalue weighted by Gasteiger charge is -2.05. The Hall–Kier alpha value is -2.71. The Morgan fingerprint density at radius 2 is 2.04 bits per heavy atom. The van der Waals surface area contributed by atoms with E-state index in [0.717, 1.165) is 38.1 Å². The molecule has 4 aromatic heterocycles. The van der Waals surface area contributed by atoms with Crippen LogP contribution in [0.15, 0.2) is 57.6 Å². The van der Waals surface area contributed by atoms with Gasteiger partial charge in [-0.1, -0.05) is 30.0 Å². The van der Waals surface area contributed by atoms with Crippen LogP contribution in [0.3, 0.4) is 0 Å². The summed E-state index contributed by atoms with van der Waals surface area (Å²) >= 11 is 3.18. The van der Waals surface area contributed by atoms with Crippen molar-refractivity contribution in [3.05, 3.63) is 59.6 Å². The third kappa shape index (κ3) is 2.67. The summed E-state index contributed by atoms with van der Waals surface area (Å²) in [6, 6.07) is 12.0. The fourth-order valence-corrected chi connectivity index (χ4v) is 4.23. The first kappa shape index (κ1) is 15.5. The fraction of sp³-hybridized carbons (Fsp3) is 0.111. The van der Waals surface area contributed by atoms with Gasteiger partial charge in [0.05, 0.1) is 16.1 Å². The summed E-state index contributed by atoms with van der Waals surface area (Å²) < 4.78 is 7.40. The summed E-state index contributed by atoms with van der Waals surface area (Å²) in [5.41, 5.74) is 2.61. The van der Waals surface area contributed by atoms with Crippen LogP contribution in [-0.4, -0.2) is 24.6 Å². The molecule has 4 heterocycles. The molecule has 26 heavy (non-hydrogen) atoms. The van der Waals surface area contributed by atoms with Crippen molar-refractivity contribution in [2.24, 2.45) is 0 Å². The number of fused-ring (bicyclic) bond motifs is 3. The zero-order chi connectivity index (χ0) is 17.5. The number of nitrogens with zero attached hydrogens (tertiary/aromatic N) is 5. The van der Waals surface area contributed by atoms with Crippen molar-refractivity contribution in [1.82, 2.24) is 24.6 Å².